The molecule has 1 amide bonds. The maximum absolute atomic E-state index is 12.8. The lowest BCUT2D eigenvalue weighted by Gasteiger charge is -2.11. The van der Waals surface area contributed by atoms with Gasteiger partial charge >= 0.3 is 6.18 Å². The van der Waals surface area contributed by atoms with Gasteiger partial charge in [0.1, 0.15) is 6.61 Å². The van der Waals surface area contributed by atoms with Gasteiger partial charge in [-0.3, -0.25) is 9.78 Å². The highest BCUT2D eigenvalue weighted by molar-refractivity contribution is 6.32. The lowest BCUT2D eigenvalue weighted by molar-refractivity contribution is -0.137. The Morgan fingerprint density at radius 2 is 1.97 bits per heavy atom. The fraction of sp³-hybridized carbons (Fsp3) is 0.158. The fourth-order valence-corrected chi connectivity index (χ4v) is 3.15. The number of aliphatic hydroxyl groups excluding tert-OH is 1. The number of halogens is 5. The van der Waals surface area contributed by atoms with Crippen molar-refractivity contribution in [2.45, 2.75) is 19.7 Å². The summed E-state index contributed by atoms with van der Waals surface area (Å²) in [5.41, 5.74) is 0.207. The van der Waals surface area contributed by atoms with Crippen molar-refractivity contribution in [3.63, 3.8) is 0 Å². The van der Waals surface area contributed by atoms with E-state index in [2.05, 4.69) is 20.5 Å². The molecule has 12 heteroatoms. The van der Waals surface area contributed by atoms with Gasteiger partial charge in [0.15, 0.2) is 0 Å². The molecule has 2 aromatic heterocycles. The molecule has 3 rings (SSSR count). The smallest absolute Gasteiger partial charge is 0.417 e. The van der Waals surface area contributed by atoms with Crippen LogP contribution in [0.4, 0.5) is 18.9 Å². The standard InChI is InChI=1S/C19H13Cl2F3N4O3/c1-9(4-15(30)26-11-2-3-12(13(20)6-11)19(22,23)24)17-14(21)5-10(7-25-17)18-28-27-16(8-29)31-18/h2-7,29H,8H2,1H3,(H,26,30)/b9-4+. The van der Waals surface area contributed by atoms with Crippen LogP contribution < -0.4 is 5.32 Å². The van der Waals surface area contributed by atoms with Gasteiger partial charge in [0.25, 0.3) is 0 Å². The second-order valence-electron chi connectivity index (χ2n) is 6.22. The maximum Gasteiger partial charge on any atom is 0.417 e. The molecule has 7 nitrogen and oxygen atoms in total. The zero-order valence-corrected chi connectivity index (χ0v) is 17.2. The number of benzene rings is 1. The van der Waals surface area contributed by atoms with Crippen LogP contribution in [-0.2, 0) is 17.6 Å². The molecular formula is C19H13Cl2F3N4O3. The van der Waals surface area contributed by atoms with Crippen LogP contribution in [0.3, 0.4) is 0 Å². The molecule has 0 aliphatic heterocycles. The summed E-state index contributed by atoms with van der Waals surface area (Å²) in [5, 5.41) is 18.5. The number of allylic oxidation sites excluding steroid dienone is 1. The third-order valence-corrected chi connectivity index (χ3v) is 4.55. The van der Waals surface area contributed by atoms with E-state index in [0.717, 1.165) is 18.2 Å². The second kappa shape index (κ2) is 9.04. The van der Waals surface area contributed by atoms with Gasteiger partial charge < -0.3 is 14.8 Å². The predicted molar refractivity (Wildman–Crippen MR) is 107 cm³/mol. The van der Waals surface area contributed by atoms with E-state index >= 15 is 0 Å². The van der Waals surface area contributed by atoms with Crippen molar-refractivity contribution in [1.82, 2.24) is 15.2 Å². The molecule has 0 bridgehead atoms. The number of hydrogen-bond acceptors (Lipinski definition) is 6. The number of aliphatic hydroxyl groups is 1. The Hall–Kier alpha value is -2.95. The molecule has 162 valence electrons. The number of nitrogens with zero attached hydrogens (tertiary/aromatic N) is 3. The summed E-state index contributed by atoms with van der Waals surface area (Å²) in [5.74, 6) is -0.463. The topological polar surface area (TPSA) is 101 Å². The molecule has 0 saturated heterocycles. The zero-order valence-electron chi connectivity index (χ0n) is 15.7. The molecule has 0 aliphatic carbocycles. The molecule has 0 fully saturated rings. The second-order valence-corrected chi connectivity index (χ2v) is 7.04. The normalized spacial score (nSPS) is 12.2. The summed E-state index contributed by atoms with van der Waals surface area (Å²) in [6.45, 7) is 1.18. The number of nitrogens with one attached hydrogen (secondary N) is 1. The van der Waals surface area contributed by atoms with Gasteiger partial charge in [-0.05, 0) is 36.8 Å². The molecule has 31 heavy (non-hydrogen) atoms. The van der Waals surface area contributed by atoms with Gasteiger partial charge in [-0.2, -0.15) is 13.2 Å². The molecule has 3 aromatic rings. The Morgan fingerprint density at radius 3 is 2.55 bits per heavy atom. The third-order valence-electron chi connectivity index (χ3n) is 3.95. The highest BCUT2D eigenvalue weighted by Gasteiger charge is 2.33. The molecule has 0 radical (unpaired) electrons. The Labute approximate surface area is 183 Å². The van der Waals surface area contributed by atoms with Crippen molar-refractivity contribution in [2.24, 2.45) is 0 Å². The summed E-state index contributed by atoms with van der Waals surface area (Å²) in [6.07, 6.45) is -2.00. The number of hydrogen-bond donors (Lipinski definition) is 2. The average Bonchev–Trinajstić information content (AvgIpc) is 3.16. The molecule has 0 aliphatic rings. The Balaban J connectivity index is 1.76. The lowest BCUT2D eigenvalue weighted by atomic mass is 10.1. The zero-order chi connectivity index (χ0) is 22.8. The lowest BCUT2D eigenvalue weighted by Crippen LogP contribution is -2.10. The first-order chi connectivity index (χ1) is 14.6. The van der Waals surface area contributed by atoms with Crippen molar-refractivity contribution < 1.29 is 27.5 Å². The number of aromatic nitrogens is 3. The minimum absolute atomic E-state index is 0.0336. The van der Waals surface area contributed by atoms with Crippen LogP contribution in [-0.4, -0.2) is 26.2 Å². The Morgan fingerprint density at radius 1 is 1.23 bits per heavy atom. The number of rotatable bonds is 5. The molecule has 0 saturated carbocycles. The van der Waals surface area contributed by atoms with E-state index in [4.69, 9.17) is 32.7 Å². The molecule has 2 N–H and O–H groups in total. The highest BCUT2D eigenvalue weighted by atomic mass is 35.5. The van der Waals surface area contributed by atoms with Crippen LogP contribution in [0.15, 0.2) is 41.0 Å². The van der Waals surface area contributed by atoms with Gasteiger partial charge in [-0.25, -0.2) is 0 Å². The predicted octanol–water partition coefficient (Wildman–Crippen LogP) is 4.99. The van der Waals surface area contributed by atoms with Gasteiger partial charge in [0, 0.05) is 18.0 Å². The van der Waals surface area contributed by atoms with Gasteiger partial charge in [0.05, 0.1) is 26.9 Å². The molecule has 2 heterocycles. The van der Waals surface area contributed by atoms with Crippen molar-refractivity contribution in [3.05, 3.63) is 63.7 Å². The largest absolute Gasteiger partial charge is 0.418 e. The summed E-state index contributed by atoms with van der Waals surface area (Å²) in [4.78, 5) is 16.4. The van der Waals surface area contributed by atoms with Gasteiger partial charge in [-0.15, -0.1) is 10.2 Å². The van der Waals surface area contributed by atoms with E-state index in [1.807, 2.05) is 0 Å². The van der Waals surface area contributed by atoms with E-state index in [1.54, 1.807) is 6.92 Å². The van der Waals surface area contributed by atoms with Crippen LogP contribution in [0.25, 0.3) is 17.0 Å². The summed E-state index contributed by atoms with van der Waals surface area (Å²) >= 11 is 11.9. The number of amides is 1. The van der Waals surface area contributed by atoms with E-state index in [0.29, 0.717) is 16.8 Å². The van der Waals surface area contributed by atoms with Crippen LogP contribution >= 0.6 is 23.2 Å². The first-order valence-electron chi connectivity index (χ1n) is 8.54. The van der Waals surface area contributed by atoms with Crippen molar-refractivity contribution >= 4 is 40.4 Å². The van der Waals surface area contributed by atoms with Crippen LogP contribution in [0.2, 0.25) is 10.0 Å². The number of anilines is 1. The first kappa shape index (κ1) is 22.7. The summed E-state index contributed by atoms with van der Waals surface area (Å²) in [6, 6.07) is 4.40. The van der Waals surface area contributed by atoms with Crippen LogP contribution in [0, 0.1) is 0 Å². The van der Waals surface area contributed by atoms with Gasteiger partial charge in [-0.1, -0.05) is 23.2 Å². The van der Waals surface area contributed by atoms with Gasteiger partial charge in [0.2, 0.25) is 17.7 Å². The molecule has 1 aromatic carbocycles. The van der Waals surface area contributed by atoms with E-state index in [9.17, 15) is 18.0 Å². The van der Waals surface area contributed by atoms with Crippen molar-refractivity contribution in [1.29, 1.82) is 0 Å². The number of carbonyl (C=O) groups is 1. The minimum atomic E-state index is -4.59. The number of carbonyl (C=O) groups excluding carboxylic acids is 1. The van der Waals surface area contributed by atoms with E-state index in [-0.39, 0.29) is 22.5 Å². The summed E-state index contributed by atoms with van der Waals surface area (Å²) < 4.78 is 43.5. The fourth-order valence-electron chi connectivity index (χ4n) is 2.55. The van der Waals surface area contributed by atoms with Crippen molar-refractivity contribution in [2.75, 3.05) is 5.32 Å². The number of pyridine rings is 1. The number of alkyl halides is 3. The van der Waals surface area contributed by atoms with E-state index in [1.165, 1.54) is 18.3 Å². The average molecular weight is 473 g/mol. The molecular weight excluding hydrogens is 460 g/mol. The molecule has 0 spiro atoms. The Kier molecular flexibility index (Phi) is 6.63. The van der Waals surface area contributed by atoms with Crippen molar-refractivity contribution in [3.8, 4) is 11.5 Å². The minimum Gasteiger partial charge on any atom is -0.418 e. The third kappa shape index (κ3) is 5.40. The van der Waals surface area contributed by atoms with Crippen LogP contribution in [0.5, 0.6) is 0 Å². The maximum atomic E-state index is 12.8. The quantitative estimate of drug-likeness (QED) is 0.507. The summed E-state index contributed by atoms with van der Waals surface area (Å²) in [7, 11) is 0. The molecule has 0 unspecified atom stereocenters. The molecule has 0 atom stereocenters. The van der Waals surface area contributed by atoms with E-state index < -0.39 is 29.3 Å². The SMILES string of the molecule is C/C(=C\C(=O)Nc1ccc(C(F)(F)F)c(Cl)c1)c1ncc(-c2nnc(CO)o2)cc1Cl. The van der Waals surface area contributed by atoms with Crippen LogP contribution in [0.1, 0.15) is 24.1 Å². The highest BCUT2D eigenvalue weighted by Crippen LogP contribution is 2.36. The first-order valence-corrected chi connectivity index (χ1v) is 9.29. The Bertz CT molecular complexity index is 1160. The monoisotopic (exact) mass is 472 g/mol.